The monoisotopic (exact) mass is 1070 g/mol. The summed E-state index contributed by atoms with van der Waals surface area (Å²) < 4.78 is 30.6. The molecule has 0 fully saturated rings. The lowest BCUT2D eigenvalue weighted by Gasteiger charge is -2.27. The molecule has 0 heterocycles. The first-order valence-electron chi connectivity index (χ1n) is 30.6. The lowest BCUT2D eigenvalue weighted by atomic mass is 10.0. The highest BCUT2D eigenvalue weighted by molar-refractivity contribution is 7.47. The number of esters is 1. The molecule has 10 heteroatoms. The van der Waals surface area contributed by atoms with Crippen LogP contribution < -0.4 is 5.32 Å². The van der Waals surface area contributed by atoms with Crippen molar-refractivity contribution in [1.82, 2.24) is 5.32 Å². The second-order valence-corrected chi connectivity index (χ2v) is 23.0. The minimum absolute atomic E-state index is 0.0309. The summed E-state index contributed by atoms with van der Waals surface area (Å²) in [6.45, 7) is 6.82. The van der Waals surface area contributed by atoms with E-state index in [0.717, 1.165) is 109 Å². The highest BCUT2D eigenvalue weighted by Crippen LogP contribution is 2.43. The van der Waals surface area contributed by atoms with Gasteiger partial charge >= 0.3 is 13.8 Å². The summed E-state index contributed by atoms with van der Waals surface area (Å²) >= 11 is 0. The van der Waals surface area contributed by atoms with Gasteiger partial charge < -0.3 is 19.4 Å². The number of carbonyl (C=O) groups is 2. The number of unbranched alkanes of at least 4 members (excludes halogenated alkanes) is 26. The zero-order valence-corrected chi connectivity index (χ0v) is 50.2. The van der Waals surface area contributed by atoms with Gasteiger partial charge in [-0.25, -0.2) is 4.57 Å². The van der Waals surface area contributed by atoms with Crippen molar-refractivity contribution >= 4 is 19.7 Å². The number of allylic oxidation sites excluding steroid dienone is 15. The Morgan fingerprint density at radius 2 is 0.907 bits per heavy atom. The van der Waals surface area contributed by atoms with Crippen LogP contribution in [0.15, 0.2) is 97.2 Å². The van der Waals surface area contributed by atoms with Gasteiger partial charge in [-0.1, -0.05) is 240 Å². The van der Waals surface area contributed by atoms with Crippen LogP contribution in [0.2, 0.25) is 0 Å². The molecule has 0 aromatic rings. The molecule has 0 saturated carbocycles. The van der Waals surface area contributed by atoms with E-state index in [-0.39, 0.29) is 31.5 Å². The maximum atomic E-state index is 13.5. The van der Waals surface area contributed by atoms with Gasteiger partial charge in [0.25, 0.3) is 0 Å². The number of hydrogen-bond acceptors (Lipinski definition) is 6. The highest BCUT2D eigenvalue weighted by atomic mass is 31.2. The van der Waals surface area contributed by atoms with Crippen LogP contribution in [-0.2, 0) is 27.9 Å². The summed E-state index contributed by atoms with van der Waals surface area (Å²) in [4.78, 5) is 37.6. The van der Waals surface area contributed by atoms with Crippen molar-refractivity contribution < 1.29 is 37.3 Å². The number of rotatable bonds is 54. The van der Waals surface area contributed by atoms with Gasteiger partial charge in [-0.05, 0) is 96.0 Å². The maximum absolute atomic E-state index is 13.5. The fourth-order valence-electron chi connectivity index (χ4n) is 8.33. The summed E-state index contributed by atoms with van der Waals surface area (Å²) in [6.07, 6.45) is 72.7. The largest absolute Gasteiger partial charge is 0.472 e. The first-order chi connectivity index (χ1) is 36.4. The van der Waals surface area contributed by atoms with E-state index in [4.69, 9.17) is 13.8 Å². The van der Waals surface area contributed by atoms with E-state index in [1.165, 1.54) is 103 Å². The minimum atomic E-state index is -4.46. The fraction of sp³-hybridized carbons (Fsp3) is 0.723. The van der Waals surface area contributed by atoms with E-state index in [1.807, 2.05) is 33.3 Å². The first kappa shape index (κ1) is 71.9. The SMILES string of the molecule is CC/C=C/C=C/C=C\CCCCCCCC(=O)OC(/C=C\CCCCCCCCCCC)C(COP(=O)(O)OCC[N+](C)(C)C)NC(=O)CCCCCCCCCCC/C=C\C/C=C\C/C=C\C/C=C\CCCCC. The average molecular weight is 1070 g/mol. The standard InChI is InChI=1S/C65H115N2O7P/c1-7-10-13-16-19-22-25-27-28-29-30-31-32-33-34-35-36-37-38-40-42-45-48-51-54-57-64(68)66-62(61-73-75(70,71)72-60-59-67(4,5)6)63(56-53-50-47-44-41-24-21-18-15-12-9-3)74-65(69)58-55-52-49-46-43-39-26-23-20-17-14-11-8-2/h11,14,17,19-20,22-23,26-28,30-31,33-34,53,56,62-63H,7-10,12-13,15-16,18,21,24-25,29,32,35-52,54-55,57-61H2,1-6H3,(H-,66,68,70,71)/p+1/b14-11+,20-17+,22-19-,26-23-,28-27-,31-30-,34-33-,56-53-. The molecule has 0 spiro atoms. The number of carbonyl (C=O) groups excluding carboxylic acids is 2. The third-order valence-electron chi connectivity index (χ3n) is 13.1. The van der Waals surface area contributed by atoms with Crippen molar-refractivity contribution in [3.8, 4) is 0 Å². The Morgan fingerprint density at radius 3 is 1.41 bits per heavy atom. The van der Waals surface area contributed by atoms with Crippen LogP contribution >= 0.6 is 7.82 Å². The molecule has 2 N–H and O–H groups in total. The van der Waals surface area contributed by atoms with E-state index >= 15 is 0 Å². The Bertz CT molecular complexity index is 1610. The van der Waals surface area contributed by atoms with Gasteiger partial charge in [-0.2, -0.15) is 0 Å². The normalized spacial score (nSPS) is 14.4. The molecule has 0 radical (unpaired) electrons. The molecular formula is C65H116N2O7P+. The molecule has 9 nitrogen and oxygen atoms in total. The molecular weight excluding hydrogens is 952 g/mol. The Morgan fingerprint density at radius 1 is 0.493 bits per heavy atom. The zero-order valence-electron chi connectivity index (χ0n) is 49.3. The number of quaternary nitrogens is 1. The zero-order chi connectivity index (χ0) is 55.0. The number of hydrogen-bond donors (Lipinski definition) is 2. The Balaban J connectivity index is 5.15. The molecule has 0 aliphatic rings. The van der Waals surface area contributed by atoms with Crippen LogP contribution in [0.4, 0.5) is 0 Å². The molecule has 0 aliphatic heterocycles. The quantitative estimate of drug-likeness (QED) is 0.0156. The average Bonchev–Trinajstić information content (AvgIpc) is 3.37. The van der Waals surface area contributed by atoms with Crippen LogP contribution in [0.1, 0.15) is 252 Å². The Hall–Kier alpha value is -3.07. The van der Waals surface area contributed by atoms with E-state index in [1.54, 1.807) is 0 Å². The van der Waals surface area contributed by atoms with Crippen LogP contribution in [0.25, 0.3) is 0 Å². The van der Waals surface area contributed by atoms with Crippen molar-refractivity contribution in [1.29, 1.82) is 0 Å². The highest BCUT2D eigenvalue weighted by Gasteiger charge is 2.30. The molecule has 0 aromatic carbocycles. The predicted molar refractivity (Wildman–Crippen MR) is 323 cm³/mol. The van der Waals surface area contributed by atoms with Crippen molar-refractivity contribution in [2.24, 2.45) is 0 Å². The summed E-state index contributed by atoms with van der Waals surface area (Å²) in [6, 6.07) is -0.865. The number of likely N-dealkylation sites (N-methyl/N-ethyl adjacent to an activating group) is 1. The van der Waals surface area contributed by atoms with Crippen molar-refractivity contribution in [3.63, 3.8) is 0 Å². The third kappa shape index (κ3) is 55.5. The van der Waals surface area contributed by atoms with E-state index < -0.39 is 20.0 Å². The van der Waals surface area contributed by atoms with Crippen LogP contribution in [0.3, 0.4) is 0 Å². The van der Waals surface area contributed by atoms with Crippen LogP contribution in [0, 0.1) is 0 Å². The third-order valence-corrected chi connectivity index (χ3v) is 14.1. The molecule has 75 heavy (non-hydrogen) atoms. The van der Waals surface area contributed by atoms with Gasteiger partial charge in [-0.3, -0.25) is 18.6 Å². The molecule has 0 bridgehead atoms. The molecule has 3 atom stereocenters. The number of amides is 1. The summed E-state index contributed by atoms with van der Waals surface area (Å²) in [5.41, 5.74) is 0. The van der Waals surface area contributed by atoms with Crippen molar-refractivity contribution in [2.45, 2.75) is 264 Å². The number of nitrogens with zero attached hydrogens (tertiary/aromatic N) is 1. The van der Waals surface area contributed by atoms with E-state index in [0.29, 0.717) is 23.9 Å². The molecule has 0 rings (SSSR count). The lowest BCUT2D eigenvalue weighted by Crippen LogP contribution is -2.47. The summed E-state index contributed by atoms with van der Waals surface area (Å²) in [5, 5.41) is 3.04. The van der Waals surface area contributed by atoms with Gasteiger partial charge in [0.15, 0.2) is 0 Å². The van der Waals surface area contributed by atoms with Crippen LogP contribution in [-0.4, -0.2) is 74.3 Å². The number of phosphoric ester groups is 1. The predicted octanol–water partition coefficient (Wildman–Crippen LogP) is 18.8. The van der Waals surface area contributed by atoms with Gasteiger partial charge in [0.2, 0.25) is 5.91 Å². The first-order valence-corrected chi connectivity index (χ1v) is 32.1. The molecule has 432 valence electrons. The minimum Gasteiger partial charge on any atom is -0.456 e. The van der Waals surface area contributed by atoms with Gasteiger partial charge in [-0.15, -0.1) is 0 Å². The van der Waals surface area contributed by atoms with E-state index in [9.17, 15) is 19.0 Å². The second-order valence-electron chi connectivity index (χ2n) is 21.6. The number of ether oxygens (including phenoxy) is 1. The topological polar surface area (TPSA) is 111 Å². The Labute approximate surface area is 462 Å². The fourth-order valence-corrected chi connectivity index (χ4v) is 9.07. The van der Waals surface area contributed by atoms with Crippen molar-refractivity contribution in [2.75, 3.05) is 40.9 Å². The molecule has 0 aliphatic carbocycles. The number of nitrogens with one attached hydrogen (secondary N) is 1. The molecule has 3 unspecified atom stereocenters. The van der Waals surface area contributed by atoms with Gasteiger partial charge in [0.1, 0.15) is 19.3 Å². The second kappa shape index (κ2) is 54.3. The maximum Gasteiger partial charge on any atom is 0.472 e. The number of phosphoric acid groups is 1. The van der Waals surface area contributed by atoms with Crippen LogP contribution in [0.5, 0.6) is 0 Å². The lowest BCUT2D eigenvalue weighted by molar-refractivity contribution is -0.870. The van der Waals surface area contributed by atoms with E-state index in [2.05, 4.69) is 111 Å². The van der Waals surface area contributed by atoms with Crippen molar-refractivity contribution in [3.05, 3.63) is 97.2 Å². The Kier molecular flexibility index (Phi) is 52.1. The van der Waals surface area contributed by atoms with Gasteiger partial charge in [0.05, 0.1) is 33.8 Å². The molecule has 0 saturated heterocycles. The smallest absolute Gasteiger partial charge is 0.456 e. The van der Waals surface area contributed by atoms with Gasteiger partial charge in [0, 0.05) is 12.8 Å². The molecule has 0 aromatic heterocycles. The summed E-state index contributed by atoms with van der Waals surface area (Å²) in [5.74, 6) is -0.541. The summed E-state index contributed by atoms with van der Waals surface area (Å²) in [7, 11) is 1.47. The molecule has 1 amide bonds.